The predicted octanol–water partition coefficient (Wildman–Crippen LogP) is 1.38. The third kappa shape index (κ3) is 3.74. The van der Waals surface area contributed by atoms with Crippen LogP contribution in [0.1, 0.15) is 12.6 Å². The SMILES string of the molecule is CCn1cncc1CNc1ccc(OCC(N)=O)cc1. The number of anilines is 1. The number of benzene rings is 1. The van der Waals surface area contributed by atoms with Crippen molar-refractivity contribution in [3.63, 3.8) is 0 Å². The number of primary amides is 1. The zero-order valence-electron chi connectivity index (χ0n) is 11.4. The highest BCUT2D eigenvalue weighted by atomic mass is 16.5. The maximum absolute atomic E-state index is 10.6. The summed E-state index contributed by atoms with van der Waals surface area (Å²) < 4.78 is 7.27. The van der Waals surface area contributed by atoms with Crippen LogP contribution in [0, 0.1) is 0 Å². The molecule has 6 heteroatoms. The van der Waals surface area contributed by atoms with Gasteiger partial charge in [0.05, 0.1) is 18.6 Å². The van der Waals surface area contributed by atoms with E-state index in [1.807, 2.05) is 24.7 Å². The summed E-state index contributed by atoms with van der Waals surface area (Å²) in [6, 6.07) is 7.37. The number of carbonyl (C=O) groups is 1. The molecule has 1 heterocycles. The Labute approximate surface area is 117 Å². The first-order valence-corrected chi connectivity index (χ1v) is 6.43. The largest absolute Gasteiger partial charge is 0.484 e. The summed E-state index contributed by atoms with van der Waals surface area (Å²) in [5.74, 6) is 0.132. The molecule has 3 N–H and O–H groups in total. The highest BCUT2D eigenvalue weighted by Crippen LogP contribution is 2.16. The van der Waals surface area contributed by atoms with Crippen LogP contribution in [0.15, 0.2) is 36.8 Å². The Bertz CT molecular complexity index is 563. The lowest BCUT2D eigenvalue weighted by atomic mass is 10.3. The van der Waals surface area contributed by atoms with E-state index >= 15 is 0 Å². The molecule has 2 aromatic rings. The third-order valence-corrected chi connectivity index (χ3v) is 2.85. The minimum atomic E-state index is -0.486. The highest BCUT2D eigenvalue weighted by molar-refractivity contribution is 5.75. The molecule has 0 aliphatic carbocycles. The molecule has 1 aromatic carbocycles. The van der Waals surface area contributed by atoms with Crippen molar-refractivity contribution in [3.8, 4) is 5.75 Å². The van der Waals surface area contributed by atoms with Crippen molar-refractivity contribution in [1.29, 1.82) is 0 Å². The molecule has 0 atom stereocenters. The van der Waals surface area contributed by atoms with E-state index in [1.165, 1.54) is 0 Å². The van der Waals surface area contributed by atoms with Gasteiger partial charge in [-0.1, -0.05) is 0 Å². The first kappa shape index (κ1) is 13.9. The molecule has 0 aliphatic heterocycles. The summed E-state index contributed by atoms with van der Waals surface area (Å²) >= 11 is 0. The number of rotatable bonds is 7. The fourth-order valence-electron chi connectivity index (χ4n) is 1.80. The molecular formula is C14H18N4O2. The van der Waals surface area contributed by atoms with Gasteiger partial charge in [-0.05, 0) is 31.2 Å². The molecule has 0 radical (unpaired) electrons. The number of hydrogen-bond acceptors (Lipinski definition) is 4. The Morgan fingerprint density at radius 1 is 1.40 bits per heavy atom. The van der Waals surface area contributed by atoms with Crippen molar-refractivity contribution < 1.29 is 9.53 Å². The molecule has 0 saturated heterocycles. The maximum Gasteiger partial charge on any atom is 0.255 e. The lowest BCUT2D eigenvalue weighted by Gasteiger charge is -2.09. The van der Waals surface area contributed by atoms with Crippen LogP contribution in [-0.2, 0) is 17.9 Å². The number of aromatic nitrogens is 2. The monoisotopic (exact) mass is 274 g/mol. The van der Waals surface area contributed by atoms with Crippen LogP contribution < -0.4 is 15.8 Å². The van der Waals surface area contributed by atoms with Crippen LogP contribution in [0.3, 0.4) is 0 Å². The number of nitrogens with one attached hydrogen (secondary N) is 1. The predicted molar refractivity (Wildman–Crippen MR) is 76.4 cm³/mol. The molecule has 0 aliphatic rings. The lowest BCUT2D eigenvalue weighted by molar-refractivity contribution is -0.119. The van der Waals surface area contributed by atoms with Crippen LogP contribution in [0.4, 0.5) is 5.69 Å². The standard InChI is InChI=1S/C14H18N4O2/c1-2-18-10-16-7-12(18)8-17-11-3-5-13(6-4-11)20-9-14(15)19/h3-7,10,17H,2,8-9H2,1H3,(H2,15,19). The van der Waals surface area contributed by atoms with Crippen molar-refractivity contribution in [2.24, 2.45) is 5.73 Å². The minimum Gasteiger partial charge on any atom is -0.484 e. The van der Waals surface area contributed by atoms with Gasteiger partial charge in [0.1, 0.15) is 5.75 Å². The van der Waals surface area contributed by atoms with Gasteiger partial charge in [-0.3, -0.25) is 4.79 Å². The number of amides is 1. The van der Waals surface area contributed by atoms with E-state index in [0.29, 0.717) is 12.3 Å². The van der Waals surface area contributed by atoms with Crippen molar-refractivity contribution >= 4 is 11.6 Å². The highest BCUT2D eigenvalue weighted by Gasteiger charge is 2.01. The molecule has 0 spiro atoms. The number of nitrogens with two attached hydrogens (primary N) is 1. The number of nitrogens with zero attached hydrogens (tertiary/aromatic N) is 2. The van der Waals surface area contributed by atoms with Crippen LogP contribution in [0.2, 0.25) is 0 Å². The van der Waals surface area contributed by atoms with Crippen LogP contribution in [0.5, 0.6) is 5.75 Å². The van der Waals surface area contributed by atoms with Gasteiger partial charge in [0, 0.05) is 18.4 Å². The molecule has 0 bridgehead atoms. The normalized spacial score (nSPS) is 10.2. The van der Waals surface area contributed by atoms with Gasteiger partial charge in [0.25, 0.3) is 5.91 Å². The summed E-state index contributed by atoms with van der Waals surface area (Å²) in [6.45, 7) is 3.57. The van der Waals surface area contributed by atoms with E-state index in [1.54, 1.807) is 12.1 Å². The summed E-state index contributed by atoms with van der Waals surface area (Å²) in [5, 5.41) is 3.31. The van der Waals surface area contributed by atoms with Crippen molar-refractivity contribution in [3.05, 3.63) is 42.5 Å². The van der Waals surface area contributed by atoms with Gasteiger partial charge < -0.3 is 20.4 Å². The zero-order chi connectivity index (χ0) is 14.4. The zero-order valence-corrected chi connectivity index (χ0v) is 11.4. The second kappa shape index (κ2) is 6.60. The van der Waals surface area contributed by atoms with Crippen molar-refractivity contribution in [2.75, 3.05) is 11.9 Å². The number of carbonyl (C=O) groups excluding carboxylic acids is 1. The van der Waals surface area contributed by atoms with E-state index in [2.05, 4.69) is 21.8 Å². The maximum atomic E-state index is 10.6. The van der Waals surface area contributed by atoms with E-state index in [0.717, 1.165) is 17.9 Å². The fourth-order valence-corrected chi connectivity index (χ4v) is 1.80. The van der Waals surface area contributed by atoms with E-state index < -0.39 is 5.91 Å². The third-order valence-electron chi connectivity index (χ3n) is 2.85. The van der Waals surface area contributed by atoms with Gasteiger partial charge in [-0.25, -0.2) is 4.98 Å². The van der Waals surface area contributed by atoms with E-state index in [-0.39, 0.29) is 6.61 Å². The summed E-state index contributed by atoms with van der Waals surface area (Å²) in [7, 11) is 0. The molecular weight excluding hydrogens is 256 g/mol. The van der Waals surface area contributed by atoms with Crippen molar-refractivity contribution in [1.82, 2.24) is 9.55 Å². The van der Waals surface area contributed by atoms with Crippen LogP contribution in [0.25, 0.3) is 0 Å². The van der Waals surface area contributed by atoms with E-state index in [4.69, 9.17) is 10.5 Å². The Morgan fingerprint density at radius 2 is 2.15 bits per heavy atom. The topological polar surface area (TPSA) is 82.2 Å². The summed E-state index contributed by atoms with van der Waals surface area (Å²) in [5.41, 5.74) is 7.11. The van der Waals surface area contributed by atoms with Crippen LogP contribution >= 0.6 is 0 Å². The number of ether oxygens (including phenoxy) is 1. The average molecular weight is 274 g/mol. The summed E-state index contributed by atoms with van der Waals surface area (Å²) in [4.78, 5) is 14.7. The molecule has 1 aromatic heterocycles. The lowest BCUT2D eigenvalue weighted by Crippen LogP contribution is -2.19. The number of hydrogen-bond donors (Lipinski definition) is 2. The van der Waals surface area contributed by atoms with Gasteiger partial charge in [0.15, 0.2) is 6.61 Å². The molecule has 0 unspecified atom stereocenters. The average Bonchev–Trinajstić information content (AvgIpc) is 2.91. The Balaban J connectivity index is 1.89. The number of imidazole rings is 1. The quantitative estimate of drug-likeness (QED) is 0.799. The van der Waals surface area contributed by atoms with Crippen LogP contribution in [-0.4, -0.2) is 22.1 Å². The second-order valence-corrected chi connectivity index (χ2v) is 4.30. The van der Waals surface area contributed by atoms with Gasteiger partial charge >= 0.3 is 0 Å². The smallest absolute Gasteiger partial charge is 0.255 e. The molecule has 0 saturated carbocycles. The second-order valence-electron chi connectivity index (χ2n) is 4.30. The minimum absolute atomic E-state index is 0.109. The Hall–Kier alpha value is -2.50. The molecule has 6 nitrogen and oxygen atoms in total. The number of aryl methyl sites for hydroxylation is 1. The molecule has 2 rings (SSSR count). The first-order valence-electron chi connectivity index (χ1n) is 6.43. The Morgan fingerprint density at radius 3 is 2.80 bits per heavy atom. The van der Waals surface area contributed by atoms with Gasteiger partial charge in [-0.2, -0.15) is 0 Å². The van der Waals surface area contributed by atoms with Gasteiger partial charge in [0.2, 0.25) is 0 Å². The summed E-state index contributed by atoms with van der Waals surface area (Å²) in [6.07, 6.45) is 3.67. The molecule has 1 amide bonds. The molecule has 20 heavy (non-hydrogen) atoms. The first-order chi connectivity index (χ1) is 9.69. The molecule has 0 fully saturated rings. The van der Waals surface area contributed by atoms with Gasteiger partial charge in [-0.15, -0.1) is 0 Å². The van der Waals surface area contributed by atoms with Crippen molar-refractivity contribution in [2.45, 2.75) is 20.0 Å². The molecule has 106 valence electrons. The Kier molecular flexibility index (Phi) is 4.60. The fraction of sp³-hybridized carbons (Fsp3) is 0.286. The van der Waals surface area contributed by atoms with E-state index in [9.17, 15) is 4.79 Å².